The van der Waals surface area contributed by atoms with Gasteiger partial charge in [0.25, 0.3) is 0 Å². The van der Waals surface area contributed by atoms with Gasteiger partial charge in [-0.15, -0.1) is 0 Å². The molecule has 0 heterocycles. The van der Waals surface area contributed by atoms with Gasteiger partial charge in [0.2, 0.25) is 0 Å². The van der Waals surface area contributed by atoms with Crippen molar-refractivity contribution < 1.29 is 19.0 Å². The summed E-state index contributed by atoms with van der Waals surface area (Å²) < 4.78 is 18.5. The Labute approximate surface area is 122 Å². The first-order chi connectivity index (χ1) is 10.1. The molecule has 2 amide bonds. The van der Waals surface area contributed by atoms with Gasteiger partial charge in [-0.25, -0.2) is 9.18 Å². The first kappa shape index (κ1) is 16.9. The molecule has 1 rings (SSSR count). The zero-order chi connectivity index (χ0) is 15.7. The molecule has 0 saturated carbocycles. The minimum absolute atomic E-state index is 0.00813. The fourth-order valence-corrected chi connectivity index (χ4v) is 1.64. The monoisotopic (exact) mass is 295 g/mol. The van der Waals surface area contributed by atoms with E-state index in [0.29, 0.717) is 13.0 Å². The number of aliphatic hydroxyl groups is 1. The van der Waals surface area contributed by atoms with E-state index >= 15 is 0 Å². The Morgan fingerprint density at radius 2 is 2.33 bits per heavy atom. The number of urea groups is 1. The van der Waals surface area contributed by atoms with E-state index in [1.165, 1.54) is 19.2 Å². The predicted octanol–water partition coefficient (Wildman–Crippen LogP) is 0.894. The van der Waals surface area contributed by atoms with Crippen molar-refractivity contribution in [3.8, 4) is 6.07 Å². The Bertz CT molecular complexity index is 517. The normalized spacial score (nSPS) is 11.5. The molecular formula is C14H18FN3O3. The molecule has 0 radical (unpaired) electrons. The highest BCUT2D eigenvalue weighted by Crippen LogP contribution is 2.09. The summed E-state index contributed by atoms with van der Waals surface area (Å²) in [5, 5.41) is 22.8. The number of amides is 2. The highest BCUT2D eigenvalue weighted by atomic mass is 19.1. The lowest BCUT2D eigenvalue weighted by Crippen LogP contribution is -2.44. The van der Waals surface area contributed by atoms with E-state index in [9.17, 15) is 9.18 Å². The average Bonchev–Trinajstić information content (AvgIpc) is 2.49. The van der Waals surface area contributed by atoms with Crippen molar-refractivity contribution in [1.29, 1.82) is 5.26 Å². The van der Waals surface area contributed by atoms with Crippen LogP contribution in [-0.2, 0) is 11.3 Å². The van der Waals surface area contributed by atoms with E-state index in [2.05, 4.69) is 10.6 Å². The van der Waals surface area contributed by atoms with Crippen molar-refractivity contribution in [3.05, 3.63) is 35.1 Å². The van der Waals surface area contributed by atoms with Gasteiger partial charge >= 0.3 is 6.03 Å². The number of carbonyl (C=O) groups excluding carboxylic acids is 1. The molecule has 0 aliphatic rings. The Hall–Kier alpha value is -2.17. The lowest BCUT2D eigenvalue weighted by molar-refractivity contribution is 0.159. The van der Waals surface area contributed by atoms with E-state index in [-0.39, 0.29) is 24.3 Å². The number of hydrogen-bond acceptors (Lipinski definition) is 4. The molecule has 1 aromatic carbocycles. The topological polar surface area (TPSA) is 94.4 Å². The smallest absolute Gasteiger partial charge is 0.315 e. The highest BCUT2D eigenvalue weighted by Gasteiger charge is 2.11. The second kappa shape index (κ2) is 8.89. The van der Waals surface area contributed by atoms with E-state index in [4.69, 9.17) is 15.1 Å². The maximum atomic E-state index is 13.6. The lowest BCUT2D eigenvalue weighted by Gasteiger charge is -2.16. The third-order valence-electron chi connectivity index (χ3n) is 2.85. The second-order valence-corrected chi connectivity index (χ2v) is 4.41. The molecule has 0 aliphatic carbocycles. The van der Waals surface area contributed by atoms with Crippen LogP contribution in [0, 0.1) is 17.1 Å². The summed E-state index contributed by atoms with van der Waals surface area (Å²) in [5.41, 5.74) is 0.502. The third kappa shape index (κ3) is 5.77. The van der Waals surface area contributed by atoms with Crippen molar-refractivity contribution in [3.63, 3.8) is 0 Å². The molecule has 0 aliphatic heterocycles. The molecular weight excluding hydrogens is 277 g/mol. The lowest BCUT2D eigenvalue weighted by atomic mass is 10.1. The maximum absolute atomic E-state index is 13.6. The van der Waals surface area contributed by atoms with E-state index in [1.807, 2.05) is 6.07 Å². The zero-order valence-electron chi connectivity index (χ0n) is 11.7. The van der Waals surface area contributed by atoms with Gasteiger partial charge in [0.05, 0.1) is 24.3 Å². The number of methoxy groups -OCH3 is 1. The fourth-order valence-electron chi connectivity index (χ4n) is 1.64. The molecule has 1 atom stereocenters. The number of nitrogens with zero attached hydrogens (tertiary/aromatic N) is 1. The summed E-state index contributed by atoms with van der Waals surface area (Å²) in [6.07, 6.45) is 0.478. The highest BCUT2D eigenvalue weighted by molar-refractivity contribution is 5.74. The number of ether oxygens (including phenoxy) is 1. The zero-order valence-corrected chi connectivity index (χ0v) is 11.7. The van der Waals surface area contributed by atoms with E-state index < -0.39 is 17.9 Å². The molecule has 3 N–H and O–H groups in total. The third-order valence-corrected chi connectivity index (χ3v) is 2.85. The number of rotatable bonds is 7. The summed E-state index contributed by atoms with van der Waals surface area (Å²) in [7, 11) is 1.53. The van der Waals surface area contributed by atoms with Crippen LogP contribution in [0.5, 0.6) is 0 Å². The second-order valence-electron chi connectivity index (χ2n) is 4.41. The van der Waals surface area contributed by atoms with Gasteiger partial charge in [-0.2, -0.15) is 5.26 Å². The molecule has 0 saturated heterocycles. The first-order valence-corrected chi connectivity index (χ1v) is 6.43. The minimum Gasteiger partial charge on any atom is -0.394 e. The number of hydrogen-bond donors (Lipinski definition) is 3. The number of benzene rings is 1. The van der Waals surface area contributed by atoms with Crippen molar-refractivity contribution in [2.75, 3.05) is 20.3 Å². The first-order valence-electron chi connectivity index (χ1n) is 6.43. The largest absolute Gasteiger partial charge is 0.394 e. The summed E-state index contributed by atoms with van der Waals surface area (Å²) in [6.45, 7) is 0.198. The molecule has 114 valence electrons. The van der Waals surface area contributed by atoms with Crippen LogP contribution < -0.4 is 10.6 Å². The van der Waals surface area contributed by atoms with Gasteiger partial charge in [0.15, 0.2) is 0 Å². The van der Waals surface area contributed by atoms with Gasteiger partial charge in [0.1, 0.15) is 5.82 Å². The van der Waals surface area contributed by atoms with Crippen molar-refractivity contribution in [2.24, 2.45) is 0 Å². The van der Waals surface area contributed by atoms with Crippen LogP contribution in [0.25, 0.3) is 0 Å². The van der Waals surface area contributed by atoms with Crippen LogP contribution >= 0.6 is 0 Å². The molecule has 7 heteroatoms. The molecule has 0 unspecified atom stereocenters. The van der Waals surface area contributed by atoms with Crippen LogP contribution in [0.15, 0.2) is 18.2 Å². The predicted molar refractivity (Wildman–Crippen MR) is 73.9 cm³/mol. The Kier molecular flexibility index (Phi) is 7.15. The standard InChI is InChI=1S/C14H18FN3O3/c1-21-5-4-12(9-19)18-14(20)17-8-11-3-2-10(7-16)6-13(11)15/h2-3,6,12,19H,4-5,8-9H2,1H3,(H2,17,18,20)/t12-/m1/s1. The van der Waals surface area contributed by atoms with E-state index in [0.717, 1.165) is 6.07 Å². The summed E-state index contributed by atoms with van der Waals surface area (Å²) in [6, 6.07) is 4.95. The molecule has 0 spiro atoms. The van der Waals surface area contributed by atoms with Crippen molar-refractivity contribution in [2.45, 2.75) is 19.0 Å². The minimum atomic E-state index is -0.549. The SMILES string of the molecule is COCC[C@H](CO)NC(=O)NCc1ccc(C#N)cc1F. The number of nitriles is 1. The molecule has 21 heavy (non-hydrogen) atoms. The van der Waals surface area contributed by atoms with Gasteiger partial charge in [-0.05, 0) is 18.6 Å². The van der Waals surface area contributed by atoms with Crippen molar-refractivity contribution in [1.82, 2.24) is 10.6 Å². The molecule has 6 nitrogen and oxygen atoms in total. The number of aliphatic hydroxyl groups excluding tert-OH is 1. The fraction of sp³-hybridized carbons (Fsp3) is 0.429. The van der Waals surface area contributed by atoms with Gasteiger partial charge < -0.3 is 20.5 Å². The van der Waals surface area contributed by atoms with E-state index in [1.54, 1.807) is 0 Å². The average molecular weight is 295 g/mol. The van der Waals surface area contributed by atoms with Gasteiger partial charge in [-0.3, -0.25) is 0 Å². The maximum Gasteiger partial charge on any atom is 0.315 e. The molecule has 0 aromatic heterocycles. The number of halogens is 1. The number of nitrogens with one attached hydrogen (secondary N) is 2. The van der Waals surface area contributed by atoms with Crippen molar-refractivity contribution >= 4 is 6.03 Å². The van der Waals surface area contributed by atoms with Crippen LogP contribution in [0.1, 0.15) is 17.5 Å². The summed E-state index contributed by atoms with van der Waals surface area (Å²) in [4.78, 5) is 11.6. The van der Waals surface area contributed by atoms with Crippen LogP contribution in [0.4, 0.5) is 9.18 Å². The molecule has 0 fully saturated rings. The number of carbonyl (C=O) groups is 1. The summed E-state index contributed by atoms with van der Waals surface area (Å²) in [5.74, 6) is -0.549. The Morgan fingerprint density at radius 3 is 2.90 bits per heavy atom. The van der Waals surface area contributed by atoms with Crippen LogP contribution in [-0.4, -0.2) is 37.5 Å². The Morgan fingerprint density at radius 1 is 1.57 bits per heavy atom. The summed E-state index contributed by atoms with van der Waals surface area (Å²) >= 11 is 0. The molecule has 0 bridgehead atoms. The molecule has 1 aromatic rings. The van der Waals surface area contributed by atoms with Gasteiger partial charge in [0, 0.05) is 25.8 Å². The van der Waals surface area contributed by atoms with Crippen LogP contribution in [0.3, 0.4) is 0 Å². The van der Waals surface area contributed by atoms with Crippen LogP contribution in [0.2, 0.25) is 0 Å². The Balaban J connectivity index is 2.47. The quantitative estimate of drug-likeness (QED) is 0.696. The van der Waals surface area contributed by atoms with Gasteiger partial charge in [-0.1, -0.05) is 6.07 Å².